The lowest BCUT2D eigenvalue weighted by Crippen LogP contribution is -2.16. The van der Waals surface area contributed by atoms with Gasteiger partial charge in [-0.25, -0.2) is 4.98 Å². The number of carbonyl (C=O) groups is 3. The molecule has 0 aliphatic carbocycles. The quantitative estimate of drug-likeness (QED) is 0.364. The second-order valence-corrected chi connectivity index (χ2v) is 8.00. The Morgan fingerprint density at radius 2 is 1.50 bits per heavy atom. The molecule has 4 rings (SSSR count). The molecule has 0 atom stereocenters. The molecule has 0 aliphatic rings. The van der Waals surface area contributed by atoms with Crippen LogP contribution in [0, 0.1) is 0 Å². The van der Waals surface area contributed by atoms with Crippen LogP contribution in [0.25, 0.3) is 11.1 Å². The van der Waals surface area contributed by atoms with Crippen LogP contribution in [0.5, 0.6) is 0 Å². The Morgan fingerprint density at radius 3 is 2.18 bits per heavy atom. The number of carbonyl (C=O) groups excluding carboxylic acids is 3. The molecule has 4 aromatic rings. The number of aromatic nitrogens is 1. The van der Waals surface area contributed by atoms with Crippen LogP contribution in [0.4, 0.5) is 5.82 Å². The summed E-state index contributed by atoms with van der Waals surface area (Å²) in [4.78, 5) is 41.6. The van der Waals surface area contributed by atoms with Crippen molar-refractivity contribution in [2.45, 2.75) is 6.42 Å². The van der Waals surface area contributed by atoms with Crippen LogP contribution in [0.2, 0.25) is 5.02 Å². The zero-order chi connectivity index (χ0) is 24.1. The summed E-state index contributed by atoms with van der Waals surface area (Å²) in [5, 5.41) is 3.19. The molecule has 6 nitrogen and oxygen atoms in total. The average molecular weight is 470 g/mol. The SMILES string of the molecule is NC(=O)c1ccccc1-c1ccc(C(=O)Cc2ccccc2C(=O)Nc2ccc(Cl)cn2)cc1. The lowest BCUT2D eigenvalue weighted by molar-refractivity contribution is 0.0986. The number of pyridine rings is 1. The number of rotatable bonds is 7. The Balaban J connectivity index is 1.52. The third kappa shape index (κ3) is 5.19. The molecule has 1 heterocycles. The molecule has 168 valence electrons. The Kier molecular flexibility index (Phi) is 6.80. The molecule has 0 bridgehead atoms. The van der Waals surface area contributed by atoms with Gasteiger partial charge in [-0.05, 0) is 41.0 Å². The number of halogens is 1. The van der Waals surface area contributed by atoms with E-state index in [1.165, 1.54) is 6.20 Å². The molecule has 0 aliphatic heterocycles. The highest BCUT2D eigenvalue weighted by molar-refractivity contribution is 6.30. The van der Waals surface area contributed by atoms with Crippen molar-refractivity contribution >= 4 is 35.0 Å². The molecule has 0 saturated heterocycles. The van der Waals surface area contributed by atoms with Gasteiger partial charge in [0.25, 0.3) is 5.91 Å². The van der Waals surface area contributed by atoms with Crippen LogP contribution < -0.4 is 11.1 Å². The minimum atomic E-state index is -0.514. The summed E-state index contributed by atoms with van der Waals surface area (Å²) < 4.78 is 0. The van der Waals surface area contributed by atoms with Crippen LogP contribution in [0.15, 0.2) is 91.1 Å². The number of amides is 2. The Bertz CT molecular complexity index is 1370. The summed E-state index contributed by atoms with van der Waals surface area (Å²) in [6.07, 6.45) is 1.49. The Morgan fingerprint density at radius 1 is 0.824 bits per heavy atom. The number of primary amides is 1. The number of nitrogens with one attached hydrogen (secondary N) is 1. The molecular formula is C27H20ClN3O3. The Hall–Kier alpha value is -4.29. The van der Waals surface area contributed by atoms with E-state index in [1.807, 2.05) is 6.07 Å². The number of ketones is 1. The van der Waals surface area contributed by atoms with Crippen molar-refractivity contribution in [3.63, 3.8) is 0 Å². The molecule has 0 unspecified atom stereocenters. The smallest absolute Gasteiger partial charge is 0.257 e. The maximum Gasteiger partial charge on any atom is 0.257 e. The zero-order valence-electron chi connectivity index (χ0n) is 18.0. The van der Waals surface area contributed by atoms with Crippen LogP contribution in [0.3, 0.4) is 0 Å². The molecule has 0 fully saturated rings. The fourth-order valence-corrected chi connectivity index (χ4v) is 3.70. The van der Waals surface area contributed by atoms with E-state index in [-0.39, 0.29) is 18.1 Å². The first kappa shape index (κ1) is 22.9. The van der Waals surface area contributed by atoms with Crippen molar-refractivity contribution in [2.75, 3.05) is 5.32 Å². The molecule has 2 amide bonds. The van der Waals surface area contributed by atoms with Gasteiger partial charge in [-0.15, -0.1) is 0 Å². The van der Waals surface area contributed by atoms with Crippen molar-refractivity contribution in [1.82, 2.24) is 4.98 Å². The van der Waals surface area contributed by atoms with Gasteiger partial charge in [0.1, 0.15) is 5.82 Å². The molecule has 0 spiro atoms. The third-order valence-electron chi connectivity index (χ3n) is 5.29. The number of nitrogens with two attached hydrogens (primary N) is 1. The highest BCUT2D eigenvalue weighted by Crippen LogP contribution is 2.24. The van der Waals surface area contributed by atoms with E-state index in [0.29, 0.717) is 38.7 Å². The van der Waals surface area contributed by atoms with Gasteiger partial charge in [-0.1, -0.05) is 72.3 Å². The van der Waals surface area contributed by atoms with E-state index in [1.54, 1.807) is 78.9 Å². The summed E-state index contributed by atoms with van der Waals surface area (Å²) in [6.45, 7) is 0. The molecule has 0 saturated carbocycles. The number of hydrogen-bond acceptors (Lipinski definition) is 4. The van der Waals surface area contributed by atoms with Gasteiger partial charge in [-0.3, -0.25) is 14.4 Å². The van der Waals surface area contributed by atoms with Crippen molar-refractivity contribution in [3.05, 3.63) is 118 Å². The van der Waals surface area contributed by atoms with Crippen LogP contribution in [-0.2, 0) is 6.42 Å². The fourth-order valence-electron chi connectivity index (χ4n) is 3.59. The summed E-state index contributed by atoms with van der Waals surface area (Å²) in [5.74, 6) is -0.655. The topological polar surface area (TPSA) is 102 Å². The van der Waals surface area contributed by atoms with Gasteiger partial charge in [-0.2, -0.15) is 0 Å². The molecule has 1 aromatic heterocycles. The Labute approximate surface area is 201 Å². The van der Waals surface area contributed by atoms with E-state index in [0.717, 1.165) is 5.56 Å². The minimum absolute atomic E-state index is 0.0505. The zero-order valence-corrected chi connectivity index (χ0v) is 18.8. The molecular weight excluding hydrogens is 450 g/mol. The number of Topliss-reactive ketones (excluding diaryl/α,β-unsaturated/α-hetero) is 1. The van der Waals surface area contributed by atoms with Gasteiger partial charge in [0.15, 0.2) is 5.78 Å². The molecule has 0 radical (unpaired) electrons. The average Bonchev–Trinajstić information content (AvgIpc) is 2.85. The fraction of sp³-hybridized carbons (Fsp3) is 0.0370. The van der Waals surface area contributed by atoms with Crippen molar-refractivity contribution < 1.29 is 14.4 Å². The summed E-state index contributed by atoms with van der Waals surface area (Å²) in [7, 11) is 0. The van der Waals surface area contributed by atoms with Gasteiger partial charge in [0.05, 0.1) is 5.02 Å². The molecule has 3 N–H and O–H groups in total. The predicted molar refractivity (Wildman–Crippen MR) is 132 cm³/mol. The van der Waals surface area contributed by atoms with E-state index < -0.39 is 5.91 Å². The van der Waals surface area contributed by atoms with Gasteiger partial charge in [0.2, 0.25) is 5.91 Å². The first-order chi connectivity index (χ1) is 16.4. The van der Waals surface area contributed by atoms with E-state index in [2.05, 4.69) is 10.3 Å². The third-order valence-corrected chi connectivity index (χ3v) is 5.52. The molecule has 7 heteroatoms. The highest BCUT2D eigenvalue weighted by Gasteiger charge is 2.16. The van der Waals surface area contributed by atoms with E-state index in [9.17, 15) is 14.4 Å². The first-order valence-corrected chi connectivity index (χ1v) is 10.8. The summed E-state index contributed by atoms with van der Waals surface area (Å²) >= 11 is 5.84. The van der Waals surface area contributed by atoms with Crippen LogP contribution in [-0.4, -0.2) is 22.6 Å². The second kappa shape index (κ2) is 10.1. The molecule has 34 heavy (non-hydrogen) atoms. The minimum Gasteiger partial charge on any atom is -0.366 e. The maximum atomic E-state index is 13.0. The predicted octanol–water partition coefficient (Wildman–Crippen LogP) is 5.18. The van der Waals surface area contributed by atoms with E-state index in [4.69, 9.17) is 17.3 Å². The van der Waals surface area contributed by atoms with Crippen LogP contribution in [0.1, 0.15) is 36.6 Å². The number of anilines is 1. The number of nitrogens with zero attached hydrogens (tertiary/aromatic N) is 1. The van der Waals surface area contributed by atoms with Crippen molar-refractivity contribution in [1.29, 1.82) is 0 Å². The largest absolute Gasteiger partial charge is 0.366 e. The number of hydrogen-bond donors (Lipinski definition) is 2. The van der Waals surface area contributed by atoms with E-state index >= 15 is 0 Å². The van der Waals surface area contributed by atoms with Gasteiger partial charge in [0, 0.05) is 29.3 Å². The highest BCUT2D eigenvalue weighted by atomic mass is 35.5. The van der Waals surface area contributed by atoms with Crippen molar-refractivity contribution in [3.8, 4) is 11.1 Å². The van der Waals surface area contributed by atoms with Crippen molar-refractivity contribution in [2.24, 2.45) is 5.73 Å². The maximum absolute atomic E-state index is 13.0. The van der Waals surface area contributed by atoms with Crippen LogP contribution >= 0.6 is 11.6 Å². The van der Waals surface area contributed by atoms with Gasteiger partial charge < -0.3 is 11.1 Å². The summed E-state index contributed by atoms with van der Waals surface area (Å²) in [5.41, 5.74) is 8.85. The number of benzene rings is 3. The monoisotopic (exact) mass is 469 g/mol. The summed E-state index contributed by atoms with van der Waals surface area (Å²) in [6, 6.07) is 24.2. The normalized spacial score (nSPS) is 10.5. The second-order valence-electron chi connectivity index (χ2n) is 7.56. The molecule has 3 aromatic carbocycles. The standard InChI is InChI=1S/C27H20ClN3O3/c28-20-13-14-25(30-16-20)31-27(34)22-7-2-1-5-19(22)15-24(32)18-11-9-17(10-12-18)21-6-3-4-8-23(21)26(29)33/h1-14,16H,15H2,(H2,29,33)(H,30,31,34). The van der Waals surface area contributed by atoms with Gasteiger partial charge >= 0.3 is 0 Å². The lowest BCUT2D eigenvalue weighted by atomic mass is 9.95. The first-order valence-electron chi connectivity index (χ1n) is 10.5. The lowest BCUT2D eigenvalue weighted by Gasteiger charge is -2.10.